The van der Waals surface area contributed by atoms with E-state index in [1.807, 2.05) is 0 Å². The van der Waals surface area contributed by atoms with E-state index in [-0.39, 0.29) is 6.10 Å². The number of hydrogen-bond donors (Lipinski definition) is 1. The number of aliphatic hydroxyl groups excluding tert-OH is 1. The molecule has 1 saturated heterocycles. The Balaban J connectivity index is 2.34. The Labute approximate surface area is 119 Å². The average molecular weight is 271 g/mol. The average Bonchev–Trinajstić information content (AvgIpc) is 2.39. The Kier molecular flexibility index (Phi) is 7.91. The third kappa shape index (κ3) is 5.78. The van der Waals surface area contributed by atoms with Gasteiger partial charge < -0.3 is 10.0 Å². The van der Waals surface area contributed by atoms with Crippen molar-refractivity contribution in [2.75, 3.05) is 53.4 Å². The zero-order chi connectivity index (χ0) is 14.3. The molecule has 0 aliphatic carbocycles. The van der Waals surface area contributed by atoms with Crippen LogP contribution in [-0.4, -0.2) is 85.3 Å². The van der Waals surface area contributed by atoms with Gasteiger partial charge in [0.2, 0.25) is 0 Å². The van der Waals surface area contributed by atoms with Crippen LogP contribution >= 0.6 is 0 Å². The highest BCUT2D eigenvalue weighted by molar-refractivity contribution is 4.82. The molecule has 1 N–H and O–H groups in total. The highest BCUT2D eigenvalue weighted by atomic mass is 16.3. The van der Waals surface area contributed by atoms with Gasteiger partial charge in [-0.2, -0.15) is 0 Å². The first-order valence-electron chi connectivity index (χ1n) is 7.87. The van der Waals surface area contributed by atoms with Gasteiger partial charge in [0.05, 0.1) is 6.10 Å². The second kappa shape index (κ2) is 8.90. The summed E-state index contributed by atoms with van der Waals surface area (Å²) in [6.07, 6.45) is 2.90. The van der Waals surface area contributed by atoms with Crippen LogP contribution in [0.2, 0.25) is 0 Å². The van der Waals surface area contributed by atoms with Crippen LogP contribution < -0.4 is 0 Å². The van der Waals surface area contributed by atoms with Crippen LogP contribution in [0.15, 0.2) is 0 Å². The van der Waals surface area contributed by atoms with Gasteiger partial charge in [0.1, 0.15) is 0 Å². The monoisotopic (exact) mass is 271 g/mol. The summed E-state index contributed by atoms with van der Waals surface area (Å²) in [6, 6.07) is 0.357. The molecule has 1 heterocycles. The lowest BCUT2D eigenvalue weighted by atomic mass is 10.0. The predicted molar refractivity (Wildman–Crippen MR) is 81.6 cm³/mol. The van der Waals surface area contributed by atoms with E-state index in [9.17, 15) is 5.11 Å². The van der Waals surface area contributed by atoms with E-state index in [1.54, 1.807) is 0 Å². The molecule has 1 rings (SSSR count). The highest BCUT2D eigenvalue weighted by Gasteiger charge is 2.27. The number of nitrogens with zero attached hydrogens (tertiary/aromatic N) is 3. The van der Waals surface area contributed by atoms with Gasteiger partial charge in [-0.05, 0) is 26.9 Å². The molecule has 0 aromatic heterocycles. The summed E-state index contributed by atoms with van der Waals surface area (Å²) >= 11 is 0. The molecule has 19 heavy (non-hydrogen) atoms. The maximum Gasteiger partial charge on any atom is 0.0695 e. The van der Waals surface area contributed by atoms with Crippen LogP contribution in [0.3, 0.4) is 0 Å². The fraction of sp³-hybridized carbons (Fsp3) is 1.00. The van der Waals surface area contributed by atoms with Crippen LogP contribution in [-0.2, 0) is 0 Å². The van der Waals surface area contributed by atoms with Crippen molar-refractivity contribution in [1.29, 1.82) is 0 Å². The minimum atomic E-state index is -0.150. The number of likely N-dealkylation sites (N-methyl/N-ethyl adjacent to an activating group) is 1. The van der Waals surface area contributed by atoms with Crippen LogP contribution in [0.1, 0.15) is 33.1 Å². The minimum absolute atomic E-state index is 0.150. The molecule has 0 aromatic carbocycles. The van der Waals surface area contributed by atoms with Crippen LogP contribution in [0.4, 0.5) is 0 Å². The quantitative estimate of drug-likeness (QED) is 0.716. The van der Waals surface area contributed by atoms with Crippen molar-refractivity contribution in [3.05, 3.63) is 0 Å². The van der Waals surface area contributed by atoms with Gasteiger partial charge in [0.25, 0.3) is 0 Å². The van der Waals surface area contributed by atoms with Crippen molar-refractivity contribution in [2.45, 2.75) is 45.3 Å². The first kappa shape index (κ1) is 16.9. The summed E-state index contributed by atoms with van der Waals surface area (Å²) in [5.74, 6) is 0. The maximum atomic E-state index is 10.2. The molecule has 114 valence electrons. The Morgan fingerprint density at radius 2 is 1.74 bits per heavy atom. The zero-order valence-electron chi connectivity index (χ0n) is 13.3. The van der Waals surface area contributed by atoms with E-state index in [2.05, 4.69) is 42.6 Å². The second-order valence-corrected chi connectivity index (χ2v) is 6.01. The Bertz CT molecular complexity index is 227. The van der Waals surface area contributed by atoms with Crippen molar-refractivity contribution in [3.63, 3.8) is 0 Å². The first-order chi connectivity index (χ1) is 9.08. The highest BCUT2D eigenvalue weighted by Crippen LogP contribution is 2.15. The van der Waals surface area contributed by atoms with Crippen molar-refractivity contribution in [2.24, 2.45) is 0 Å². The summed E-state index contributed by atoms with van der Waals surface area (Å²) in [5, 5.41) is 10.2. The van der Waals surface area contributed by atoms with Gasteiger partial charge in [-0.15, -0.1) is 0 Å². The molecule has 0 radical (unpaired) electrons. The smallest absolute Gasteiger partial charge is 0.0695 e. The van der Waals surface area contributed by atoms with Gasteiger partial charge in [0.15, 0.2) is 0 Å². The molecule has 0 amide bonds. The predicted octanol–water partition coefficient (Wildman–Crippen LogP) is 1.11. The molecule has 2 atom stereocenters. The molecular formula is C15H33N3O. The topological polar surface area (TPSA) is 30.0 Å². The summed E-state index contributed by atoms with van der Waals surface area (Å²) in [4.78, 5) is 7.27. The van der Waals surface area contributed by atoms with Gasteiger partial charge in [-0.25, -0.2) is 0 Å². The number of rotatable bonds is 8. The van der Waals surface area contributed by atoms with Crippen molar-refractivity contribution < 1.29 is 5.11 Å². The molecular weight excluding hydrogens is 238 g/mol. The standard InChI is InChI=1S/C15H33N3O/c1-5-7-15(19)14(6-2)18-12-10-17(11-13-18)9-8-16(3)4/h14-15,19H,5-13H2,1-4H3. The Morgan fingerprint density at radius 3 is 2.21 bits per heavy atom. The zero-order valence-corrected chi connectivity index (χ0v) is 13.3. The Hall–Kier alpha value is -0.160. The van der Waals surface area contributed by atoms with E-state index >= 15 is 0 Å². The largest absolute Gasteiger partial charge is 0.391 e. The maximum absolute atomic E-state index is 10.2. The van der Waals surface area contributed by atoms with Gasteiger partial charge in [-0.1, -0.05) is 20.3 Å². The van der Waals surface area contributed by atoms with Gasteiger partial charge in [0, 0.05) is 45.3 Å². The van der Waals surface area contributed by atoms with E-state index in [0.717, 1.165) is 58.5 Å². The normalized spacial score (nSPS) is 21.8. The fourth-order valence-electron chi connectivity index (χ4n) is 2.92. The van der Waals surface area contributed by atoms with Crippen LogP contribution in [0.5, 0.6) is 0 Å². The molecule has 0 saturated carbocycles. The summed E-state index contributed by atoms with van der Waals surface area (Å²) in [6.45, 7) is 11.1. The SMILES string of the molecule is CCCC(O)C(CC)N1CCN(CCN(C)C)CC1. The van der Waals surface area contributed by atoms with Gasteiger partial charge >= 0.3 is 0 Å². The van der Waals surface area contributed by atoms with Crippen LogP contribution in [0.25, 0.3) is 0 Å². The molecule has 1 aliphatic heterocycles. The lowest BCUT2D eigenvalue weighted by molar-refractivity contribution is 0.0121. The van der Waals surface area contributed by atoms with E-state index in [4.69, 9.17) is 0 Å². The first-order valence-corrected chi connectivity index (χ1v) is 7.87. The Morgan fingerprint density at radius 1 is 1.11 bits per heavy atom. The summed E-state index contributed by atoms with van der Waals surface area (Å²) < 4.78 is 0. The van der Waals surface area contributed by atoms with Gasteiger partial charge in [-0.3, -0.25) is 9.80 Å². The molecule has 4 heteroatoms. The van der Waals surface area contributed by atoms with Crippen LogP contribution in [0, 0.1) is 0 Å². The minimum Gasteiger partial charge on any atom is -0.391 e. The number of piperazine rings is 1. The summed E-state index contributed by atoms with van der Waals surface area (Å²) in [5.41, 5.74) is 0. The molecule has 1 aliphatic rings. The van der Waals surface area contributed by atoms with Crippen molar-refractivity contribution in [3.8, 4) is 0 Å². The second-order valence-electron chi connectivity index (χ2n) is 6.01. The van der Waals surface area contributed by atoms with E-state index in [0.29, 0.717) is 6.04 Å². The lowest BCUT2D eigenvalue weighted by Crippen LogP contribution is -2.54. The van der Waals surface area contributed by atoms with Crippen molar-refractivity contribution >= 4 is 0 Å². The van der Waals surface area contributed by atoms with Crippen molar-refractivity contribution in [1.82, 2.24) is 14.7 Å². The fourth-order valence-corrected chi connectivity index (χ4v) is 2.92. The number of aliphatic hydroxyl groups is 1. The third-order valence-electron chi connectivity index (χ3n) is 4.19. The summed E-state index contributed by atoms with van der Waals surface area (Å²) in [7, 11) is 4.26. The van der Waals surface area contributed by atoms with E-state index < -0.39 is 0 Å². The molecule has 1 fully saturated rings. The molecule has 4 nitrogen and oxygen atoms in total. The molecule has 0 spiro atoms. The lowest BCUT2D eigenvalue weighted by Gasteiger charge is -2.41. The third-order valence-corrected chi connectivity index (χ3v) is 4.19. The molecule has 0 aromatic rings. The number of hydrogen-bond acceptors (Lipinski definition) is 4. The molecule has 0 bridgehead atoms. The molecule has 2 unspecified atom stereocenters. The van der Waals surface area contributed by atoms with E-state index in [1.165, 1.54) is 0 Å².